The number of rotatable bonds is 6. The van der Waals surface area contributed by atoms with Crippen molar-refractivity contribution in [2.24, 2.45) is 11.7 Å². The maximum absolute atomic E-state index is 12.7. The zero-order chi connectivity index (χ0) is 22.5. The van der Waals surface area contributed by atoms with Crippen LogP contribution in [-0.4, -0.2) is 42.3 Å². The van der Waals surface area contributed by atoms with Gasteiger partial charge in [-0.2, -0.15) is 0 Å². The van der Waals surface area contributed by atoms with Crippen molar-refractivity contribution in [3.8, 4) is 0 Å². The lowest BCUT2D eigenvalue weighted by Crippen LogP contribution is -2.41. The Morgan fingerprint density at radius 1 is 0.844 bits per heavy atom. The molecule has 0 unspecified atom stereocenters. The van der Waals surface area contributed by atoms with Gasteiger partial charge in [-0.3, -0.25) is 19.3 Å². The molecule has 3 amide bonds. The van der Waals surface area contributed by atoms with Crippen LogP contribution in [0.3, 0.4) is 0 Å². The van der Waals surface area contributed by atoms with E-state index in [0.717, 1.165) is 16.5 Å². The lowest BCUT2D eigenvalue weighted by molar-refractivity contribution is -0.121. The van der Waals surface area contributed by atoms with E-state index in [2.05, 4.69) is 15.5 Å². The van der Waals surface area contributed by atoms with Crippen LogP contribution in [0.15, 0.2) is 66.7 Å². The van der Waals surface area contributed by atoms with Crippen molar-refractivity contribution in [2.75, 3.05) is 30.3 Å². The maximum atomic E-state index is 12.7. The number of nitrogens with zero attached hydrogens (tertiary/aromatic N) is 1. The Morgan fingerprint density at radius 2 is 1.50 bits per heavy atom. The number of carbonyl (C=O) groups is 3. The van der Waals surface area contributed by atoms with Gasteiger partial charge in [0.05, 0.1) is 17.8 Å². The summed E-state index contributed by atoms with van der Waals surface area (Å²) >= 11 is 0. The minimum Gasteiger partial charge on any atom is -0.366 e. The molecule has 0 spiro atoms. The molecule has 7 heteroatoms. The minimum atomic E-state index is -0.576. The van der Waals surface area contributed by atoms with Crippen molar-refractivity contribution in [3.63, 3.8) is 0 Å². The van der Waals surface area contributed by atoms with Crippen molar-refractivity contribution >= 4 is 39.9 Å². The summed E-state index contributed by atoms with van der Waals surface area (Å²) in [6, 6.07) is 20.5. The highest BCUT2D eigenvalue weighted by Gasteiger charge is 2.26. The number of primary amides is 1. The zero-order valence-corrected chi connectivity index (χ0v) is 17.7. The van der Waals surface area contributed by atoms with Crippen LogP contribution >= 0.6 is 0 Å². The Hall–Kier alpha value is -3.71. The number of amides is 3. The lowest BCUT2D eigenvalue weighted by atomic mass is 9.95. The third kappa shape index (κ3) is 4.95. The number of benzene rings is 3. The predicted octanol–water partition coefficient (Wildman–Crippen LogP) is 3.23. The van der Waals surface area contributed by atoms with E-state index in [1.54, 1.807) is 24.3 Å². The van der Waals surface area contributed by atoms with E-state index in [-0.39, 0.29) is 24.3 Å². The van der Waals surface area contributed by atoms with Crippen molar-refractivity contribution in [1.29, 1.82) is 0 Å². The molecule has 0 saturated carbocycles. The van der Waals surface area contributed by atoms with E-state index in [4.69, 9.17) is 5.73 Å². The van der Waals surface area contributed by atoms with E-state index >= 15 is 0 Å². The molecule has 32 heavy (non-hydrogen) atoms. The second-order valence-electron chi connectivity index (χ2n) is 8.02. The van der Waals surface area contributed by atoms with Crippen molar-refractivity contribution < 1.29 is 14.4 Å². The SMILES string of the molecule is NC(=O)c1ccccc1NC(=O)C1CCN(CC(=O)Nc2cccc3ccccc23)CC1. The van der Waals surface area contributed by atoms with Crippen molar-refractivity contribution in [1.82, 2.24) is 4.90 Å². The van der Waals surface area contributed by atoms with Gasteiger partial charge < -0.3 is 16.4 Å². The fourth-order valence-electron chi connectivity index (χ4n) is 4.12. The van der Waals surface area contributed by atoms with Gasteiger partial charge in [0, 0.05) is 17.0 Å². The molecule has 0 aliphatic carbocycles. The van der Waals surface area contributed by atoms with E-state index in [1.807, 2.05) is 42.5 Å². The molecule has 4 N–H and O–H groups in total. The average Bonchev–Trinajstić information content (AvgIpc) is 2.80. The number of likely N-dealkylation sites (tertiary alicyclic amines) is 1. The van der Waals surface area contributed by atoms with Crippen LogP contribution in [0.2, 0.25) is 0 Å². The van der Waals surface area contributed by atoms with Crippen LogP contribution < -0.4 is 16.4 Å². The Kier molecular flexibility index (Phi) is 6.47. The van der Waals surface area contributed by atoms with E-state index in [9.17, 15) is 14.4 Å². The highest BCUT2D eigenvalue weighted by atomic mass is 16.2. The fourth-order valence-corrected chi connectivity index (χ4v) is 4.12. The monoisotopic (exact) mass is 430 g/mol. The first-order chi connectivity index (χ1) is 15.5. The average molecular weight is 431 g/mol. The van der Waals surface area contributed by atoms with Gasteiger partial charge in [-0.1, -0.05) is 48.5 Å². The number of hydrogen-bond acceptors (Lipinski definition) is 4. The fraction of sp³-hybridized carbons (Fsp3) is 0.240. The largest absolute Gasteiger partial charge is 0.366 e. The molecule has 3 aromatic rings. The minimum absolute atomic E-state index is 0.0698. The number of carbonyl (C=O) groups excluding carboxylic acids is 3. The molecular weight excluding hydrogens is 404 g/mol. The number of nitrogens with one attached hydrogen (secondary N) is 2. The van der Waals surface area contributed by atoms with Gasteiger partial charge in [-0.25, -0.2) is 0 Å². The summed E-state index contributed by atoms with van der Waals surface area (Å²) in [5.41, 5.74) is 6.91. The molecule has 1 saturated heterocycles. The number of piperidine rings is 1. The third-order valence-electron chi connectivity index (χ3n) is 5.84. The summed E-state index contributed by atoms with van der Waals surface area (Å²) in [6.45, 7) is 1.58. The molecule has 1 aliphatic heterocycles. The topological polar surface area (TPSA) is 105 Å². The molecule has 1 aliphatic rings. The Balaban J connectivity index is 1.30. The first-order valence-electron chi connectivity index (χ1n) is 10.7. The van der Waals surface area contributed by atoms with Crippen LogP contribution in [0.5, 0.6) is 0 Å². The Labute approximate surface area is 186 Å². The van der Waals surface area contributed by atoms with E-state index in [1.165, 1.54) is 0 Å². The molecule has 0 bridgehead atoms. The molecule has 0 aromatic heterocycles. The molecule has 4 rings (SSSR count). The summed E-state index contributed by atoms with van der Waals surface area (Å²) in [6.07, 6.45) is 1.29. The van der Waals surface area contributed by atoms with Gasteiger partial charge in [-0.05, 0) is 49.5 Å². The standard InChI is InChI=1S/C25H26N4O3/c26-24(31)20-9-3-4-10-22(20)28-25(32)18-12-14-29(15-13-18)16-23(30)27-21-11-5-7-17-6-1-2-8-19(17)21/h1-11,18H,12-16H2,(H2,26,31)(H,27,30)(H,28,32). The number of nitrogens with two attached hydrogens (primary N) is 1. The van der Waals surface area contributed by atoms with Gasteiger partial charge in [0.15, 0.2) is 0 Å². The lowest BCUT2D eigenvalue weighted by Gasteiger charge is -2.30. The smallest absolute Gasteiger partial charge is 0.250 e. The second-order valence-corrected chi connectivity index (χ2v) is 8.02. The van der Waals surface area contributed by atoms with Crippen LogP contribution in [0.1, 0.15) is 23.2 Å². The highest BCUT2D eigenvalue weighted by Crippen LogP contribution is 2.24. The van der Waals surface area contributed by atoms with Gasteiger partial charge in [0.2, 0.25) is 11.8 Å². The molecule has 1 fully saturated rings. The highest BCUT2D eigenvalue weighted by molar-refractivity contribution is 6.04. The van der Waals surface area contributed by atoms with Crippen molar-refractivity contribution in [3.05, 3.63) is 72.3 Å². The number of hydrogen-bond donors (Lipinski definition) is 3. The summed E-state index contributed by atoms with van der Waals surface area (Å²) < 4.78 is 0. The van der Waals surface area contributed by atoms with Crippen LogP contribution in [0.4, 0.5) is 11.4 Å². The van der Waals surface area contributed by atoms with Gasteiger partial charge >= 0.3 is 0 Å². The summed E-state index contributed by atoms with van der Waals surface area (Å²) in [4.78, 5) is 38.9. The molecule has 0 radical (unpaired) electrons. The third-order valence-corrected chi connectivity index (χ3v) is 5.84. The first-order valence-corrected chi connectivity index (χ1v) is 10.7. The number of anilines is 2. The van der Waals surface area contributed by atoms with Gasteiger partial charge in [-0.15, -0.1) is 0 Å². The molecule has 164 valence electrons. The van der Waals surface area contributed by atoms with Gasteiger partial charge in [0.25, 0.3) is 5.91 Å². The number of fused-ring (bicyclic) bond motifs is 1. The Bertz CT molecular complexity index is 1150. The summed E-state index contributed by atoms with van der Waals surface area (Å²) in [7, 11) is 0. The van der Waals surface area contributed by atoms with Gasteiger partial charge in [0.1, 0.15) is 0 Å². The van der Waals surface area contributed by atoms with E-state index in [0.29, 0.717) is 37.2 Å². The second kappa shape index (κ2) is 9.62. The van der Waals surface area contributed by atoms with E-state index < -0.39 is 5.91 Å². The maximum Gasteiger partial charge on any atom is 0.250 e. The first kappa shape index (κ1) is 21.5. The normalized spacial score (nSPS) is 14.8. The van der Waals surface area contributed by atoms with Crippen LogP contribution in [0.25, 0.3) is 10.8 Å². The molecular formula is C25H26N4O3. The Morgan fingerprint density at radius 3 is 2.28 bits per heavy atom. The number of para-hydroxylation sites is 1. The predicted molar refractivity (Wildman–Crippen MR) is 125 cm³/mol. The molecule has 1 heterocycles. The molecule has 3 aromatic carbocycles. The molecule has 0 atom stereocenters. The van der Waals surface area contributed by atoms with Crippen molar-refractivity contribution in [2.45, 2.75) is 12.8 Å². The quantitative estimate of drug-likeness (QED) is 0.558. The zero-order valence-electron chi connectivity index (χ0n) is 17.7. The summed E-state index contributed by atoms with van der Waals surface area (Å²) in [5.74, 6) is -0.945. The molecule has 7 nitrogen and oxygen atoms in total. The van der Waals surface area contributed by atoms with Crippen LogP contribution in [-0.2, 0) is 9.59 Å². The van der Waals surface area contributed by atoms with Crippen LogP contribution in [0, 0.1) is 5.92 Å². The summed E-state index contributed by atoms with van der Waals surface area (Å²) in [5, 5.41) is 7.93.